The highest BCUT2D eigenvalue weighted by atomic mass is 16.5. The molecule has 0 saturated heterocycles. The predicted octanol–water partition coefficient (Wildman–Crippen LogP) is 0.883. The first-order chi connectivity index (χ1) is 9.77. The number of nitrogens with one attached hydrogen (secondary N) is 2. The Morgan fingerprint density at radius 3 is 2.43 bits per heavy atom. The predicted molar refractivity (Wildman–Crippen MR) is 77.2 cm³/mol. The summed E-state index contributed by atoms with van der Waals surface area (Å²) in [4.78, 5) is 42.4. The monoisotopic (exact) mass is 295 g/mol. The number of esters is 1. The van der Waals surface area contributed by atoms with Crippen molar-refractivity contribution >= 4 is 11.9 Å². The molecule has 1 rings (SSSR count). The van der Waals surface area contributed by atoms with Gasteiger partial charge >= 0.3 is 5.97 Å². The Labute approximate surface area is 123 Å². The van der Waals surface area contributed by atoms with Crippen LogP contribution in [0.5, 0.6) is 0 Å². The second kappa shape index (κ2) is 7.01. The number of carbonyl (C=O) groups is 2. The Hall–Kier alpha value is -2.18. The van der Waals surface area contributed by atoms with Gasteiger partial charge in [0, 0.05) is 5.92 Å². The van der Waals surface area contributed by atoms with Crippen molar-refractivity contribution in [1.82, 2.24) is 15.3 Å². The molecule has 1 amide bonds. The van der Waals surface area contributed by atoms with Crippen LogP contribution in [-0.2, 0) is 9.53 Å². The number of aromatic nitrogens is 2. The SMILES string of the molecule is CCOC(=O)C(C)NC(=O)c1c(C)nc(C(C)C)[nH]c1=O. The van der Waals surface area contributed by atoms with E-state index in [9.17, 15) is 14.4 Å². The van der Waals surface area contributed by atoms with Crippen LogP contribution in [0.3, 0.4) is 0 Å². The van der Waals surface area contributed by atoms with Gasteiger partial charge in [0.2, 0.25) is 0 Å². The maximum absolute atomic E-state index is 12.1. The number of hydrogen-bond acceptors (Lipinski definition) is 5. The van der Waals surface area contributed by atoms with Gasteiger partial charge in [-0.1, -0.05) is 13.8 Å². The number of aromatic amines is 1. The lowest BCUT2D eigenvalue weighted by Crippen LogP contribution is -2.42. The topological polar surface area (TPSA) is 101 Å². The summed E-state index contributed by atoms with van der Waals surface area (Å²) in [6, 6.07) is -0.832. The van der Waals surface area contributed by atoms with E-state index in [1.54, 1.807) is 13.8 Å². The normalized spacial score (nSPS) is 12.1. The van der Waals surface area contributed by atoms with E-state index in [1.807, 2.05) is 13.8 Å². The van der Waals surface area contributed by atoms with Gasteiger partial charge in [0.15, 0.2) is 0 Å². The standard InChI is InChI=1S/C14H21N3O4/c1-6-21-14(20)9(5)16-12(18)10-8(4)15-11(7(2)3)17-13(10)19/h7,9H,6H2,1-5H3,(H,16,18)(H,15,17,19). The first-order valence-electron chi connectivity index (χ1n) is 6.86. The molecule has 7 heteroatoms. The molecular formula is C14H21N3O4. The van der Waals surface area contributed by atoms with Gasteiger partial charge in [-0.2, -0.15) is 0 Å². The number of nitrogens with zero attached hydrogens (tertiary/aromatic N) is 1. The third-order valence-corrected chi connectivity index (χ3v) is 2.88. The van der Waals surface area contributed by atoms with E-state index in [2.05, 4.69) is 15.3 Å². The molecule has 0 aliphatic rings. The van der Waals surface area contributed by atoms with Crippen molar-refractivity contribution in [1.29, 1.82) is 0 Å². The highest BCUT2D eigenvalue weighted by Gasteiger charge is 2.22. The second-order valence-corrected chi connectivity index (χ2v) is 5.01. The van der Waals surface area contributed by atoms with Crippen LogP contribution in [0.15, 0.2) is 4.79 Å². The molecule has 116 valence electrons. The first-order valence-corrected chi connectivity index (χ1v) is 6.86. The summed E-state index contributed by atoms with van der Waals surface area (Å²) < 4.78 is 4.80. The molecule has 7 nitrogen and oxygen atoms in total. The lowest BCUT2D eigenvalue weighted by Gasteiger charge is -2.14. The molecule has 0 spiro atoms. The molecule has 21 heavy (non-hydrogen) atoms. The summed E-state index contributed by atoms with van der Waals surface area (Å²) in [6.45, 7) is 8.76. The summed E-state index contributed by atoms with van der Waals surface area (Å²) in [6.07, 6.45) is 0. The molecule has 1 heterocycles. The van der Waals surface area contributed by atoms with Gasteiger partial charge in [0.1, 0.15) is 17.4 Å². The number of H-pyrrole nitrogens is 1. The number of amides is 1. The number of carbonyl (C=O) groups excluding carboxylic acids is 2. The number of hydrogen-bond donors (Lipinski definition) is 2. The molecule has 1 aromatic rings. The fourth-order valence-electron chi connectivity index (χ4n) is 1.74. The van der Waals surface area contributed by atoms with Gasteiger partial charge in [-0.15, -0.1) is 0 Å². The summed E-state index contributed by atoms with van der Waals surface area (Å²) in [5, 5.41) is 2.44. The minimum Gasteiger partial charge on any atom is -0.464 e. The van der Waals surface area contributed by atoms with Crippen molar-refractivity contribution in [3.63, 3.8) is 0 Å². The molecule has 1 aromatic heterocycles. The summed E-state index contributed by atoms with van der Waals surface area (Å²) in [7, 11) is 0. The average molecular weight is 295 g/mol. The molecule has 0 saturated carbocycles. The fraction of sp³-hybridized carbons (Fsp3) is 0.571. The van der Waals surface area contributed by atoms with Crippen LogP contribution < -0.4 is 10.9 Å². The van der Waals surface area contributed by atoms with E-state index < -0.39 is 23.5 Å². The van der Waals surface area contributed by atoms with Gasteiger partial charge in [-0.3, -0.25) is 9.59 Å². The largest absolute Gasteiger partial charge is 0.464 e. The third kappa shape index (κ3) is 4.14. The molecular weight excluding hydrogens is 274 g/mol. The van der Waals surface area contributed by atoms with E-state index in [-0.39, 0.29) is 18.1 Å². The highest BCUT2D eigenvalue weighted by molar-refractivity contribution is 5.97. The van der Waals surface area contributed by atoms with Gasteiger partial charge in [0.25, 0.3) is 11.5 Å². The Bertz CT molecular complexity index is 592. The van der Waals surface area contributed by atoms with Crippen molar-refractivity contribution in [2.75, 3.05) is 6.61 Å². The number of rotatable bonds is 5. The maximum atomic E-state index is 12.1. The van der Waals surface area contributed by atoms with Crippen molar-refractivity contribution < 1.29 is 14.3 Å². The molecule has 0 aliphatic carbocycles. The quantitative estimate of drug-likeness (QED) is 0.785. The summed E-state index contributed by atoms with van der Waals surface area (Å²) >= 11 is 0. The van der Waals surface area contributed by atoms with Gasteiger partial charge < -0.3 is 15.0 Å². The minimum absolute atomic E-state index is 0.0481. The van der Waals surface area contributed by atoms with E-state index in [1.165, 1.54) is 6.92 Å². The van der Waals surface area contributed by atoms with Crippen LogP contribution in [0, 0.1) is 6.92 Å². The third-order valence-electron chi connectivity index (χ3n) is 2.88. The van der Waals surface area contributed by atoms with Crippen LogP contribution in [0.2, 0.25) is 0 Å². The molecule has 1 atom stereocenters. The molecule has 0 radical (unpaired) electrons. The number of aryl methyl sites for hydroxylation is 1. The first kappa shape index (κ1) is 16.9. The summed E-state index contributed by atoms with van der Waals surface area (Å²) in [5.74, 6) is -0.622. The maximum Gasteiger partial charge on any atom is 0.328 e. The Balaban J connectivity index is 2.98. The van der Waals surface area contributed by atoms with Crippen LogP contribution in [0.25, 0.3) is 0 Å². The lowest BCUT2D eigenvalue weighted by atomic mass is 10.1. The van der Waals surface area contributed by atoms with Gasteiger partial charge in [-0.05, 0) is 20.8 Å². The molecule has 0 aliphatic heterocycles. The smallest absolute Gasteiger partial charge is 0.328 e. The summed E-state index contributed by atoms with van der Waals surface area (Å²) in [5.41, 5.74) is -0.272. The number of ether oxygens (including phenoxy) is 1. The zero-order valence-electron chi connectivity index (χ0n) is 12.9. The van der Waals surface area contributed by atoms with Crippen LogP contribution in [-0.4, -0.2) is 34.5 Å². The molecule has 1 unspecified atom stereocenters. The Morgan fingerprint density at radius 1 is 1.33 bits per heavy atom. The average Bonchev–Trinajstić information content (AvgIpc) is 2.37. The molecule has 0 fully saturated rings. The van der Waals surface area contributed by atoms with Crippen molar-refractivity contribution in [2.24, 2.45) is 0 Å². The van der Waals surface area contributed by atoms with Crippen molar-refractivity contribution in [3.8, 4) is 0 Å². The van der Waals surface area contributed by atoms with E-state index in [4.69, 9.17) is 4.74 Å². The molecule has 0 aromatic carbocycles. The van der Waals surface area contributed by atoms with Crippen molar-refractivity contribution in [3.05, 3.63) is 27.4 Å². The molecule has 0 bridgehead atoms. The van der Waals surface area contributed by atoms with E-state index in [0.29, 0.717) is 11.5 Å². The van der Waals surface area contributed by atoms with Gasteiger partial charge in [-0.25, -0.2) is 9.78 Å². The van der Waals surface area contributed by atoms with Crippen LogP contribution >= 0.6 is 0 Å². The van der Waals surface area contributed by atoms with Crippen LogP contribution in [0.1, 0.15) is 55.5 Å². The second-order valence-electron chi connectivity index (χ2n) is 5.01. The lowest BCUT2D eigenvalue weighted by molar-refractivity contribution is -0.144. The van der Waals surface area contributed by atoms with Crippen molar-refractivity contribution in [2.45, 2.75) is 46.6 Å². The Kier molecular flexibility index (Phi) is 5.63. The van der Waals surface area contributed by atoms with Crippen LogP contribution in [0.4, 0.5) is 0 Å². The van der Waals surface area contributed by atoms with E-state index >= 15 is 0 Å². The highest BCUT2D eigenvalue weighted by Crippen LogP contribution is 2.08. The zero-order valence-corrected chi connectivity index (χ0v) is 12.9. The van der Waals surface area contributed by atoms with E-state index in [0.717, 1.165) is 0 Å². The minimum atomic E-state index is -0.832. The Morgan fingerprint density at radius 2 is 1.95 bits per heavy atom. The van der Waals surface area contributed by atoms with Gasteiger partial charge in [0.05, 0.1) is 12.3 Å². The molecule has 2 N–H and O–H groups in total. The fourth-order valence-corrected chi connectivity index (χ4v) is 1.74. The zero-order chi connectivity index (χ0) is 16.2.